The quantitative estimate of drug-likeness (QED) is 0.480. The van der Waals surface area contributed by atoms with Gasteiger partial charge in [-0.1, -0.05) is 25.4 Å². The van der Waals surface area contributed by atoms with Crippen molar-refractivity contribution in [2.45, 2.75) is 19.9 Å². The summed E-state index contributed by atoms with van der Waals surface area (Å²) in [6, 6.07) is 1.60. The molecule has 0 aromatic heterocycles. The maximum Gasteiger partial charge on any atom is 0.142 e. The summed E-state index contributed by atoms with van der Waals surface area (Å²) in [6.45, 7) is 3.72. The summed E-state index contributed by atoms with van der Waals surface area (Å²) in [6.07, 6.45) is 0. The van der Waals surface area contributed by atoms with Gasteiger partial charge in [-0.2, -0.15) is 0 Å². The zero-order valence-corrected chi connectivity index (χ0v) is 9.28. The Hall–Kier alpha value is -0.710. The molecule has 0 aliphatic carbocycles. The number of nitrogens with one attached hydrogen (secondary N) is 1. The lowest BCUT2D eigenvalue weighted by atomic mass is 9.96. The van der Waals surface area contributed by atoms with Crippen molar-refractivity contribution in [1.82, 2.24) is 5.43 Å². The monoisotopic (exact) mass is 234 g/mol. The Morgan fingerprint density at radius 1 is 1.27 bits per heavy atom. The van der Waals surface area contributed by atoms with Gasteiger partial charge in [0.1, 0.15) is 11.6 Å². The fourth-order valence-electron chi connectivity index (χ4n) is 1.42. The summed E-state index contributed by atoms with van der Waals surface area (Å²) in [5, 5.41) is -0.226. The standard InChI is InChI=1S/C10H13ClF2N2/c1-5(2)10(15-14)6-3-9(13)7(11)4-8(6)12/h3-5,10,15H,14H2,1-2H3. The van der Waals surface area contributed by atoms with Gasteiger partial charge in [-0.15, -0.1) is 0 Å². The Morgan fingerprint density at radius 3 is 2.33 bits per heavy atom. The fraction of sp³-hybridized carbons (Fsp3) is 0.400. The SMILES string of the molecule is CC(C)C(NN)c1cc(F)c(Cl)cc1F. The molecule has 0 bridgehead atoms. The lowest BCUT2D eigenvalue weighted by Gasteiger charge is -2.21. The summed E-state index contributed by atoms with van der Waals surface area (Å²) >= 11 is 5.45. The van der Waals surface area contributed by atoms with E-state index >= 15 is 0 Å². The Bertz CT molecular complexity index is 356. The maximum atomic E-state index is 13.5. The van der Waals surface area contributed by atoms with Gasteiger partial charge >= 0.3 is 0 Å². The van der Waals surface area contributed by atoms with Gasteiger partial charge in [-0.25, -0.2) is 8.78 Å². The minimum absolute atomic E-state index is 0.0464. The van der Waals surface area contributed by atoms with Crippen LogP contribution in [0.25, 0.3) is 0 Å². The molecule has 0 radical (unpaired) electrons. The van der Waals surface area contributed by atoms with Crippen LogP contribution in [-0.4, -0.2) is 0 Å². The summed E-state index contributed by atoms with van der Waals surface area (Å²) in [7, 11) is 0. The zero-order chi connectivity index (χ0) is 11.6. The van der Waals surface area contributed by atoms with Gasteiger partial charge in [-0.05, 0) is 18.1 Å². The van der Waals surface area contributed by atoms with Crippen molar-refractivity contribution in [2.75, 3.05) is 0 Å². The van der Waals surface area contributed by atoms with Crippen molar-refractivity contribution in [1.29, 1.82) is 0 Å². The molecule has 1 rings (SSSR count). The first kappa shape index (κ1) is 12.4. The van der Waals surface area contributed by atoms with Crippen LogP contribution in [0.15, 0.2) is 12.1 Å². The van der Waals surface area contributed by atoms with E-state index in [0.29, 0.717) is 0 Å². The van der Waals surface area contributed by atoms with E-state index in [2.05, 4.69) is 5.43 Å². The van der Waals surface area contributed by atoms with Crippen LogP contribution in [-0.2, 0) is 0 Å². The topological polar surface area (TPSA) is 38.0 Å². The van der Waals surface area contributed by atoms with Gasteiger partial charge < -0.3 is 0 Å². The van der Waals surface area contributed by atoms with Crippen molar-refractivity contribution >= 4 is 11.6 Å². The van der Waals surface area contributed by atoms with Crippen LogP contribution in [0.1, 0.15) is 25.5 Å². The highest BCUT2D eigenvalue weighted by molar-refractivity contribution is 6.30. The van der Waals surface area contributed by atoms with Gasteiger partial charge in [-0.3, -0.25) is 11.3 Å². The first-order valence-corrected chi connectivity index (χ1v) is 4.95. The van der Waals surface area contributed by atoms with Crippen LogP contribution in [0, 0.1) is 17.6 Å². The third kappa shape index (κ3) is 2.65. The van der Waals surface area contributed by atoms with Gasteiger partial charge in [0, 0.05) is 5.56 Å². The van der Waals surface area contributed by atoms with Crippen LogP contribution in [0.3, 0.4) is 0 Å². The average Bonchev–Trinajstić information content (AvgIpc) is 2.14. The molecule has 2 nitrogen and oxygen atoms in total. The normalized spacial score (nSPS) is 13.3. The highest BCUT2D eigenvalue weighted by atomic mass is 35.5. The molecule has 1 aromatic carbocycles. The molecular weight excluding hydrogens is 222 g/mol. The number of benzene rings is 1. The molecule has 1 atom stereocenters. The molecule has 15 heavy (non-hydrogen) atoms. The Kier molecular flexibility index (Phi) is 4.02. The molecule has 0 fully saturated rings. The van der Waals surface area contributed by atoms with Crippen molar-refractivity contribution in [3.8, 4) is 0 Å². The summed E-state index contributed by atoms with van der Waals surface area (Å²) in [5.41, 5.74) is 2.64. The number of hydrogen-bond donors (Lipinski definition) is 2. The molecule has 0 saturated carbocycles. The second kappa shape index (κ2) is 4.88. The third-order valence-corrected chi connectivity index (χ3v) is 2.51. The molecule has 0 aliphatic heterocycles. The number of halogens is 3. The fourth-order valence-corrected chi connectivity index (χ4v) is 1.57. The van der Waals surface area contributed by atoms with Crippen LogP contribution >= 0.6 is 11.6 Å². The molecule has 0 spiro atoms. The summed E-state index contributed by atoms with van der Waals surface area (Å²) < 4.78 is 26.6. The summed E-state index contributed by atoms with van der Waals surface area (Å²) in [5.74, 6) is 4.14. The first-order chi connectivity index (χ1) is 6.97. The molecule has 0 amide bonds. The molecule has 84 valence electrons. The third-order valence-electron chi connectivity index (χ3n) is 2.22. The molecule has 1 unspecified atom stereocenters. The van der Waals surface area contributed by atoms with Crippen molar-refractivity contribution in [3.05, 3.63) is 34.4 Å². The predicted octanol–water partition coefficient (Wildman–Crippen LogP) is 2.78. The number of rotatable bonds is 3. The van der Waals surface area contributed by atoms with Crippen molar-refractivity contribution in [2.24, 2.45) is 11.8 Å². The highest BCUT2D eigenvalue weighted by Gasteiger charge is 2.19. The van der Waals surface area contributed by atoms with Gasteiger partial charge in [0.15, 0.2) is 0 Å². The van der Waals surface area contributed by atoms with Crippen LogP contribution in [0.4, 0.5) is 8.78 Å². The minimum Gasteiger partial charge on any atom is -0.271 e. The number of nitrogens with two attached hydrogens (primary N) is 1. The van der Waals surface area contributed by atoms with E-state index in [1.165, 1.54) is 0 Å². The second-order valence-electron chi connectivity index (χ2n) is 3.68. The van der Waals surface area contributed by atoms with E-state index in [1.54, 1.807) is 0 Å². The average molecular weight is 235 g/mol. The van der Waals surface area contributed by atoms with E-state index in [9.17, 15) is 8.78 Å². The van der Waals surface area contributed by atoms with Crippen molar-refractivity contribution in [3.63, 3.8) is 0 Å². The maximum absolute atomic E-state index is 13.5. The Morgan fingerprint density at radius 2 is 1.87 bits per heavy atom. The van der Waals surface area contributed by atoms with Crippen LogP contribution in [0.2, 0.25) is 5.02 Å². The predicted molar refractivity (Wildman–Crippen MR) is 56.3 cm³/mol. The molecule has 0 aliphatic rings. The zero-order valence-electron chi connectivity index (χ0n) is 8.52. The minimum atomic E-state index is -0.644. The first-order valence-electron chi connectivity index (χ1n) is 4.58. The number of hydrazine groups is 1. The van der Waals surface area contributed by atoms with E-state index in [4.69, 9.17) is 17.4 Å². The second-order valence-corrected chi connectivity index (χ2v) is 4.08. The molecule has 5 heteroatoms. The molecule has 1 aromatic rings. The van der Waals surface area contributed by atoms with E-state index < -0.39 is 17.7 Å². The highest BCUT2D eigenvalue weighted by Crippen LogP contribution is 2.27. The van der Waals surface area contributed by atoms with Gasteiger partial charge in [0.2, 0.25) is 0 Å². The Balaban J connectivity index is 3.18. The van der Waals surface area contributed by atoms with Gasteiger partial charge in [0.25, 0.3) is 0 Å². The van der Waals surface area contributed by atoms with Gasteiger partial charge in [0.05, 0.1) is 11.1 Å². The van der Waals surface area contributed by atoms with Crippen LogP contribution in [0.5, 0.6) is 0 Å². The largest absolute Gasteiger partial charge is 0.271 e. The van der Waals surface area contributed by atoms with E-state index in [-0.39, 0.29) is 16.5 Å². The Labute approximate surface area is 92.4 Å². The molecule has 3 N–H and O–H groups in total. The van der Waals surface area contributed by atoms with Crippen LogP contribution < -0.4 is 11.3 Å². The van der Waals surface area contributed by atoms with E-state index in [1.807, 2.05) is 13.8 Å². The van der Waals surface area contributed by atoms with Crippen molar-refractivity contribution < 1.29 is 8.78 Å². The molecular formula is C10H13ClF2N2. The van der Waals surface area contributed by atoms with E-state index in [0.717, 1.165) is 12.1 Å². The number of hydrogen-bond acceptors (Lipinski definition) is 2. The molecule has 0 heterocycles. The lowest BCUT2D eigenvalue weighted by Crippen LogP contribution is -2.32. The lowest BCUT2D eigenvalue weighted by molar-refractivity contribution is 0.402. The summed E-state index contributed by atoms with van der Waals surface area (Å²) in [4.78, 5) is 0. The smallest absolute Gasteiger partial charge is 0.142 e. The molecule has 0 saturated heterocycles.